The molecule has 2 aromatic rings. The number of hydrogen-bond donors (Lipinski definition) is 2. The van der Waals surface area contributed by atoms with Gasteiger partial charge in [-0.15, -0.1) is 0 Å². The Morgan fingerprint density at radius 1 is 0.676 bits per heavy atom. The number of rotatable bonds is 4. The fraction of sp³-hybridized carbons (Fsp3) is 0.576. The van der Waals surface area contributed by atoms with Crippen LogP contribution >= 0.6 is 0 Å². The van der Waals surface area contributed by atoms with Crippen molar-refractivity contribution in [1.82, 2.24) is 10.6 Å². The number of nitrogens with one attached hydrogen (secondary N) is 2. The van der Waals surface area contributed by atoms with Gasteiger partial charge >= 0.3 is 0 Å². The van der Waals surface area contributed by atoms with Crippen molar-refractivity contribution >= 4 is 11.8 Å². The van der Waals surface area contributed by atoms with Gasteiger partial charge in [0.2, 0.25) is 11.8 Å². The number of aryl methyl sites for hydroxylation is 2. The van der Waals surface area contributed by atoms with Crippen molar-refractivity contribution in [3.8, 4) is 0 Å². The normalized spacial score (nSPS) is 29.5. The minimum absolute atomic E-state index is 0.0167. The molecule has 1 fully saturated rings. The van der Waals surface area contributed by atoms with Gasteiger partial charge in [-0.25, -0.2) is 0 Å². The molecule has 3 aliphatic carbocycles. The lowest BCUT2D eigenvalue weighted by Gasteiger charge is -2.42. The van der Waals surface area contributed by atoms with E-state index in [4.69, 9.17) is 0 Å². The number of benzene rings is 2. The van der Waals surface area contributed by atoms with E-state index in [9.17, 15) is 9.59 Å². The molecule has 3 aliphatic rings. The Hall–Kier alpha value is -2.62. The number of hydrogen-bond acceptors (Lipinski definition) is 2. The summed E-state index contributed by atoms with van der Waals surface area (Å²) in [5.41, 5.74) is 5.51. The molecule has 0 spiro atoms. The summed E-state index contributed by atoms with van der Waals surface area (Å²) < 4.78 is 0. The minimum Gasteiger partial charge on any atom is -0.353 e. The second kappa shape index (κ2) is 10.6. The van der Waals surface area contributed by atoms with Gasteiger partial charge in [-0.1, -0.05) is 76.2 Å². The van der Waals surface area contributed by atoms with Gasteiger partial charge in [0.1, 0.15) is 0 Å². The van der Waals surface area contributed by atoms with Crippen molar-refractivity contribution in [2.45, 2.75) is 103 Å². The Kier molecular flexibility index (Phi) is 7.47. The number of fused-ring (bicyclic) bond motifs is 2. The predicted octanol–water partition coefficient (Wildman–Crippen LogP) is 6.29. The Morgan fingerprint density at radius 2 is 1.14 bits per heavy atom. The summed E-state index contributed by atoms with van der Waals surface area (Å²) in [5, 5.41) is 6.80. The molecule has 198 valence electrons. The molecule has 2 amide bonds. The van der Waals surface area contributed by atoms with E-state index in [1.807, 2.05) is 0 Å². The SMILES string of the molecule is C[C@H]1c2ccccc2CC[C@H]1C(=O)NC1CCC(NC(=O)[C@@H]2CCc3ccccc3[C@@H]2C(C)(C)C)CC1. The first-order valence-electron chi connectivity index (χ1n) is 14.5. The Labute approximate surface area is 223 Å². The maximum absolute atomic E-state index is 13.6. The average Bonchev–Trinajstić information content (AvgIpc) is 2.88. The second-order valence-corrected chi connectivity index (χ2v) is 12.9. The standard InChI is InChI=1S/C33H44N2O2/c1-21-26-11-7-5-9-22(26)13-19-27(21)31(36)34-24-15-17-25(18-16-24)35-32(37)29-20-14-23-10-6-8-12-28(23)30(29)33(2,3)4/h5-12,21,24-25,27,29-30H,13-20H2,1-4H3,(H,34,36)(H,35,37)/t21-,24?,25?,27+,29+,30-/m0/s1. The molecule has 4 nitrogen and oxygen atoms in total. The molecule has 2 N–H and O–H groups in total. The van der Waals surface area contributed by atoms with E-state index in [1.165, 1.54) is 22.3 Å². The molecule has 0 unspecified atom stereocenters. The van der Waals surface area contributed by atoms with Gasteiger partial charge in [-0.2, -0.15) is 0 Å². The maximum atomic E-state index is 13.6. The summed E-state index contributed by atoms with van der Waals surface area (Å²) in [6.45, 7) is 8.99. The molecule has 0 radical (unpaired) electrons. The van der Waals surface area contributed by atoms with Crippen LogP contribution in [0, 0.1) is 17.3 Å². The lowest BCUT2D eigenvalue weighted by molar-refractivity contribution is -0.129. The van der Waals surface area contributed by atoms with Crippen LogP contribution < -0.4 is 10.6 Å². The third-order valence-electron chi connectivity index (χ3n) is 9.42. The van der Waals surface area contributed by atoms with E-state index in [0.717, 1.165) is 51.4 Å². The molecule has 0 heterocycles. The van der Waals surface area contributed by atoms with Crippen molar-refractivity contribution in [3.63, 3.8) is 0 Å². The molecule has 37 heavy (non-hydrogen) atoms. The smallest absolute Gasteiger partial charge is 0.223 e. The van der Waals surface area contributed by atoms with Gasteiger partial charge in [-0.05, 0) is 85.0 Å². The van der Waals surface area contributed by atoms with Crippen LogP contribution in [0.1, 0.15) is 100 Å². The van der Waals surface area contributed by atoms with Crippen LogP contribution in [0.3, 0.4) is 0 Å². The molecular weight excluding hydrogens is 456 g/mol. The third kappa shape index (κ3) is 5.49. The fourth-order valence-electron chi connectivity index (χ4n) is 7.45. The lowest BCUT2D eigenvalue weighted by Crippen LogP contribution is -2.48. The first-order valence-corrected chi connectivity index (χ1v) is 14.5. The van der Waals surface area contributed by atoms with Crippen LogP contribution in [0.25, 0.3) is 0 Å². The summed E-state index contributed by atoms with van der Waals surface area (Å²) in [6.07, 6.45) is 7.54. The monoisotopic (exact) mass is 500 g/mol. The molecule has 0 bridgehead atoms. The van der Waals surface area contributed by atoms with Crippen LogP contribution in [0.5, 0.6) is 0 Å². The van der Waals surface area contributed by atoms with Crippen LogP contribution in [0.4, 0.5) is 0 Å². The van der Waals surface area contributed by atoms with Gasteiger partial charge in [-0.3, -0.25) is 9.59 Å². The van der Waals surface area contributed by atoms with Crippen LogP contribution in [-0.4, -0.2) is 23.9 Å². The summed E-state index contributed by atoms with van der Waals surface area (Å²) in [4.78, 5) is 26.8. The fourth-order valence-corrected chi connectivity index (χ4v) is 7.45. The molecular formula is C33H44N2O2. The topological polar surface area (TPSA) is 58.2 Å². The van der Waals surface area contributed by atoms with Crippen molar-refractivity contribution in [3.05, 3.63) is 70.8 Å². The summed E-state index contributed by atoms with van der Waals surface area (Å²) in [6, 6.07) is 17.7. The highest BCUT2D eigenvalue weighted by molar-refractivity contribution is 5.81. The van der Waals surface area contributed by atoms with E-state index in [1.54, 1.807) is 0 Å². The zero-order valence-corrected chi connectivity index (χ0v) is 23.1. The van der Waals surface area contributed by atoms with Crippen molar-refractivity contribution in [2.24, 2.45) is 17.3 Å². The van der Waals surface area contributed by atoms with Crippen LogP contribution in [-0.2, 0) is 22.4 Å². The van der Waals surface area contributed by atoms with Gasteiger partial charge < -0.3 is 10.6 Å². The molecule has 4 heteroatoms. The minimum atomic E-state index is 0.0167. The van der Waals surface area contributed by atoms with Gasteiger partial charge in [0.05, 0.1) is 0 Å². The number of carbonyl (C=O) groups is 2. The highest BCUT2D eigenvalue weighted by Gasteiger charge is 2.41. The van der Waals surface area contributed by atoms with Crippen LogP contribution in [0.2, 0.25) is 0 Å². The highest BCUT2D eigenvalue weighted by Crippen LogP contribution is 2.47. The number of amides is 2. The Morgan fingerprint density at radius 3 is 1.70 bits per heavy atom. The van der Waals surface area contributed by atoms with Gasteiger partial charge in [0, 0.05) is 29.8 Å². The molecule has 0 saturated heterocycles. The van der Waals surface area contributed by atoms with E-state index < -0.39 is 0 Å². The molecule has 4 atom stereocenters. The quantitative estimate of drug-likeness (QED) is 0.518. The maximum Gasteiger partial charge on any atom is 0.223 e. The molecule has 1 saturated carbocycles. The van der Waals surface area contributed by atoms with Crippen LogP contribution in [0.15, 0.2) is 48.5 Å². The Bertz CT molecular complexity index is 1130. The zero-order valence-electron chi connectivity index (χ0n) is 23.1. The molecule has 0 aromatic heterocycles. The predicted molar refractivity (Wildman–Crippen MR) is 149 cm³/mol. The van der Waals surface area contributed by atoms with E-state index >= 15 is 0 Å². The summed E-state index contributed by atoms with van der Waals surface area (Å²) >= 11 is 0. The van der Waals surface area contributed by atoms with Gasteiger partial charge in [0.25, 0.3) is 0 Å². The van der Waals surface area contributed by atoms with Crippen molar-refractivity contribution < 1.29 is 9.59 Å². The van der Waals surface area contributed by atoms with E-state index in [2.05, 4.69) is 86.9 Å². The summed E-state index contributed by atoms with van der Waals surface area (Å²) in [5.74, 6) is 0.992. The Balaban J connectivity index is 1.15. The molecule has 2 aromatic carbocycles. The molecule has 5 rings (SSSR count). The zero-order chi connectivity index (χ0) is 26.2. The first-order chi connectivity index (χ1) is 17.7. The lowest BCUT2D eigenvalue weighted by atomic mass is 9.63. The number of carbonyl (C=O) groups excluding carboxylic acids is 2. The molecule has 0 aliphatic heterocycles. The van der Waals surface area contributed by atoms with E-state index in [0.29, 0.717) is 0 Å². The third-order valence-corrected chi connectivity index (χ3v) is 9.42. The van der Waals surface area contributed by atoms with E-state index in [-0.39, 0.29) is 53.0 Å². The summed E-state index contributed by atoms with van der Waals surface area (Å²) in [7, 11) is 0. The highest BCUT2D eigenvalue weighted by atomic mass is 16.2. The average molecular weight is 501 g/mol. The second-order valence-electron chi connectivity index (χ2n) is 12.9. The van der Waals surface area contributed by atoms with Gasteiger partial charge in [0.15, 0.2) is 0 Å². The first kappa shape index (κ1) is 26.0. The van der Waals surface area contributed by atoms with Crippen molar-refractivity contribution in [2.75, 3.05) is 0 Å². The largest absolute Gasteiger partial charge is 0.353 e. The van der Waals surface area contributed by atoms with Crippen molar-refractivity contribution in [1.29, 1.82) is 0 Å².